The van der Waals surface area contributed by atoms with Gasteiger partial charge in [-0.1, -0.05) is 84.8 Å². The second-order valence-electron chi connectivity index (χ2n) is 5.97. The second kappa shape index (κ2) is 15.5. The summed E-state index contributed by atoms with van der Waals surface area (Å²) in [5.74, 6) is 0.658. The summed E-state index contributed by atoms with van der Waals surface area (Å²) in [6.07, 6.45) is 20.4. The highest BCUT2D eigenvalue weighted by Gasteiger charge is 2.11. The summed E-state index contributed by atoms with van der Waals surface area (Å²) in [6.45, 7) is 10.7. The van der Waals surface area contributed by atoms with Crippen LogP contribution in [0, 0.1) is 5.92 Å². The number of hydrogen-bond acceptors (Lipinski definition) is 1. The zero-order valence-corrected chi connectivity index (χ0v) is 14.7. The van der Waals surface area contributed by atoms with Crippen LogP contribution in [0.15, 0.2) is 29.4 Å². The maximum Gasteiger partial charge on any atom is 0.0298 e. The molecule has 0 N–H and O–H groups in total. The van der Waals surface area contributed by atoms with Gasteiger partial charge in [0.05, 0.1) is 0 Å². The van der Waals surface area contributed by atoms with Gasteiger partial charge in [-0.25, -0.2) is 0 Å². The molecule has 0 atom stereocenters. The number of unbranched alkanes of at least 4 members (excludes halogenated alkanes) is 6. The molecule has 21 heavy (non-hydrogen) atoms. The zero-order chi connectivity index (χ0) is 15.8. The Morgan fingerprint density at radius 2 is 1.48 bits per heavy atom. The molecule has 0 saturated heterocycles. The van der Waals surface area contributed by atoms with E-state index in [-0.39, 0.29) is 0 Å². The van der Waals surface area contributed by atoms with Crippen molar-refractivity contribution in [3.8, 4) is 0 Å². The van der Waals surface area contributed by atoms with Crippen molar-refractivity contribution in [2.45, 2.75) is 91.4 Å². The standard InChI is InChI=1S/C20H37N/c1-5-9-11-13-15-20(16-14-12-10-6-2)19(8-4)18-21-17-7-3/h8,17-18,20H,4-7,9-16H2,1-3H3/b19-18+,21-17-. The number of aliphatic imine (C=N–C) groups is 1. The summed E-state index contributed by atoms with van der Waals surface area (Å²) < 4.78 is 0. The van der Waals surface area contributed by atoms with Gasteiger partial charge < -0.3 is 0 Å². The molecule has 0 unspecified atom stereocenters. The minimum absolute atomic E-state index is 0.658. The molecule has 0 aromatic rings. The molecular formula is C20H37N. The first-order valence-electron chi connectivity index (χ1n) is 9.14. The van der Waals surface area contributed by atoms with Crippen LogP contribution in [0.2, 0.25) is 0 Å². The quantitative estimate of drug-likeness (QED) is 0.184. The molecule has 0 spiro atoms. The third-order valence-corrected chi connectivity index (χ3v) is 4.03. The third kappa shape index (κ3) is 11.5. The van der Waals surface area contributed by atoms with Crippen molar-refractivity contribution in [1.29, 1.82) is 0 Å². The first-order chi connectivity index (χ1) is 10.3. The minimum atomic E-state index is 0.658. The van der Waals surface area contributed by atoms with E-state index in [0.29, 0.717) is 5.92 Å². The van der Waals surface area contributed by atoms with Gasteiger partial charge in [-0.05, 0) is 30.8 Å². The molecule has 122 valence electrons. The first-order valence-corrected chi connectivity index (χ1v) is 9.14. The lowest BCUT2D eigenvalue weighted by Gasteiger charge is -2.18. The molecule has 0 saturated carbocycles. The van der Waals surface area contributed by atoms with E-state index in [0.717, 1.165) is 6.42 Å². The van der Waals surface area contributed by atoms with Gasteiger partial charge in [0.2, 0.25) is 0 Å². The SMILES string of the molecule is C=C/C(=C\N=C/CC)C(CCCCCC)CCCCCC. The highest BCUT2D eigenvalue weighted by Crippen LogP contribution is 2.26. The van der Waals surface area contributed by atoms with Gasteiger partial charge in [-0.3, -0.25) is 4.99 Å². The van der Waals surface area contributed by atoms with Crippen molar-refractivity contribution in [2.75, 3.05) is 0 Å². The molecule has 0 aliphatic rings. The van der Waals surface area contributed by atoms with Crippen molar-refractivity contribution >= 4 is 6.21 Å². The van der Waals surface area contributed by atoms with Gasteiger partial charge >= 0.3 is 0 Å². The fourth-order valence-electron chi connectivity index (χ4n) is 2.68. The summed E-state index contributed by atoms with van der Waals surface area (Å²) in [6, 6.07) is 0. The molecule has 0 aromatic carbocycles. The average molecular weight is 292 g/mol. The van der Waals surface area contributed by atoms with Crippen molar-refractivity contribution in [3.05, 3.63) is 24.4 Å². The van der Waals surface area contributed by atoms with E-state index in [1.165, 1.54) is 69.8 Å². The lowest BCUT2D eigenvalue weighted by molar-refractivity contribution is 0.460. The molecule has 0 amide bonds. The Morgan fingerprint density at radius 3 is 1.90 bits per heavy atom. The van der Waals surface area contributed by atoms with Crippen molar-refractivity contribution in [1.82, 2.24) is 0 Å². The van der Waals surface area contributed by atoms with Crippen LogP contribution in [0.5, 0.6) is 0 Å². The summed E-state index contributed by atoms with van der Waals surface area (Å²) in [5.41, 5.74) is 1.34. The number of allylic oxidation sites excluding steroid dienone is 2. The van der Waals surface area contributed by atoms with Crippen molar-refractivity contribution < 1.29 is 0 Å². The lowest BCUT2D eigenvalue weighted by Crippen LogP contribution is -2.03. The third-order valence-electron chi connectivity index (χ3n) is 4.03. The van der Waals surface area contributed by atoms with Gasteiger partial charge in [0.15, 0.2) is 0 Å². The maximum absolute atomic E-state index is 4.41. The van der Waals surface area contributed by atoms with Crippen LogP contribution in [0.4, 0.5) is 0 Å². The Bertz CT molecular complexity index is 276. The van der Waals surface area contributed by atoms with Crippen LogP contribution in [0.25, 0.3) is 0 Å². The van der Waals surface area contributed by atoms with Crippen LogP contribution in [0.3, 0.4) is 0 Å². The Balaban J connectivity index is 4.46. The largest absolute Gasteiger partial charge is 0.269 e. The molecular weight excluding hydrogens is 254 g/mol. The molecule has 0 rings (SSSR count). The van der Waals surface area contributed by atoms with Gasteiger partial charge in [-0.2, -0.15) is 0 Å². The van der Waals surface area contributed by atoms with E-state index < -0.39 is 0 Å². The molecule has 0 radical (unpaired) electrons. The highest BCUT2D eigenvalue weighted by molar-refractivity contribution is 5.57. The molecule has 1 heteroatoms. The molecule has 0 aliphatic carbocycles. The van der Waals surface area contributed by atoms with Crippen molar-refractivity contribution in [3.63, 3.8) is 0 Å². The lowest BCUT2D eigenvalue weighted by atomic mass is 9.88. The van der Waals surface area contributed by atoms with Gasteiger partial charge in [-0.15, -0.1) is 0 Å². The van der Waals surface area contributed by atoms with E-state index in [1.54, 1.807) is 0 Å². The molecule has 0 bridgehead atoms. The van der Waals surface area contributed by atoms with Gasteiger partial charge in [0.1, 0.15) is 0 Å². The van der Waals surface area contributed by atoms with Crippen LogP contribution in [0.1, 0.15) is 91.4 Å². The topological polar surface area (TPSA) is 12.4 Å². The van der Waals surface area contributed by atoms with E-state index in [4.69, 9.17) is 0 Å². The first kappa shape index (κ1) is 20.1. The number of hydrogen-bond donors (Lipinski definition) is 0. The number of nitrogens with zero attached hydrogens (tertiary/aromatic N) is 1. The molecule has 1 nitrogen and oxygen atoms in total. The van der Waals surface area contributed by atoms with Crippen LogP contribution in [-0.4, -0.2) is 6.21 Å². The number of rotatable bonds is 14. The van der Waals surface area contributed by atoms with Crippen LogP contribution < -0.4 is 0 Å². The smallest absolute Gasteiger partial charge is 0.0298 e. The van der Waals surface area contributed by atoms with Crippen LogP contribution >= 0.6 is 0 Å². The minimum Gasteiger partial charge on any atom is -0.269 e. The molecule has 0 aromatic heterocycles. The average Bonchev–Trinajstić information content (AvgIpc) is 2.50. The normalized spacial score (nSPS) is 12.5. The Kier molecular flexibility index (Phi) is 14.9. The zero-order valence-electron chi connectivity index (χ0n) is 14.7. The highest BCUT2D eigenvalue weighted by atomic mass is 14.7. The summed E-state index contributed by atoms with van der Waals surface area (Å²) in [5, 5.41) is 0. The second-order valence-corrected chi connectivity index (χ2v) is 5.97. The monoisotopic (exact) mass is 291 g/mol. The van der Waals surface area contributed by atoms with E-state index in [9.17, 15) is 0 Å². The van der Waals surface area contributed by atoms with Gasteiger partial charge in [0.25, 0.3) is 0 Å². The molecule has 0 heterocycles. The van der Waals surface area contributed by atoms with E-state index in [1.807, 2.05) is 18.5 Å². The van der Waals surface area contributed by atoms with Gasteiger partial charge in [0, 0.05) is 12.4 Å². The summed E-state index contributed by atoms with van der Waals surface area (Å²) >= 11 is 0. The fraction of sp³-hybridized carbons (Fsp3) is 0.750. The fourth-order valence-corrected chi connectivity index (χ4v) is 2.68. The Hall–Kier alpha value is -0.850. The predicted molar refractivity (Wildman–Crippen MR) is 98.1 cm³/mol. The summed E-state index contributed by atoms with van der Waals surface area (Å²) in [7, 11) is 0. The Labute approximate surface area is 133 Å². The van der Waals surface area contributed by atoms with E-state index in [2.05, 4.69) is 32.3 Å². The van der Waals surface area contributed by atoms with E-state index >= 15 is 0 Å². The predicted octanol–water partition coefficient (Wildman–Crippen LogP) is 7.09. The Morgan fingerprint density at radius 1 is 0.905 bits per heavy atom. The maximum atomic E-state index is 4.41. The molecule has 0 fully saturated rings. The molecule has 0 aliphatic heterocycles. The van der Waals surface area contributed by atoms with Crippen LogP contribution in [-0.2, 0) is 0 Å². The summed E-state index contributed by atoms with van der Waals surface area (Å²) in [4.78, 5) is 4.41. The van der Waals surface area contributed by atoms with Crippen molar-refractivity contribution in [2.24, 2.45) is 10.9 Å².